The summed E-state index contributed by atoms with van der Waals surface area (Å²) in [5.41, 5.74) is 1.57. The van der Waals surface area contributed by atoms with E-state index in [1.54, 1.807) is 0 Å². The predicted molar refractivity (Wildman–Crippen MR) is 121 cm³/mol. The molecule has 0 unspecified atom stereocenters. The first kappa shape index (κ1) is 26.0. The second-order valence-corrected chi connectivity index (χ2v) is 9.63. The van der Waals surface area contributed by atoms with Crippen LogP contribution in [0.2, 0.25) is 0 Å². The third-order valence-corrected chi connectivity index (χ3v) is 6.65. The van der Waals surface area contributed by atoms with E-state index in [1.165, 1.54) is 63.9 Å². The molecule has 0 amide bonds. The van der Waals surface area contributed by atoms with Gasteiger partial charge in [-0.25, -0.2) is 0 Å². The van der Waals surface area contributed by atoms with Gasteiger partial charge in [0.1, 0.15) is 10.6 Å². The zero-order valence-electron chi connectivity index (χ0n) is 18.6. The Morgan fingerprint density at radius 2 is 1.14 bits per heavy atom. The van der Waals surface area contributed by atoms with Gasteiger partial charge in [-0.2, -0.15) is 8.42 Å². The van der Waals surface area contributed by atoms with E-state index >= 15 is 0 Å². The number of phenols is 1. The van der Waals surface area contributed by atoms with Gasteiger partial charge in [0.05, 0.1) is 0 Å². The number of rotatable bonds is 17. The molecule has 5 heteroatoms. The monoisotopic (exact) mass is 426 g/mol. The molecule has 0 bridgehead atoms. The molecule has 0 radical (unpaired) electrons. The number of aryl methyl sites for hydroxylation is 1. The summed E-state index contributed by atoms with van der Waals surface area (Å²) in [6, 6.07) is 3.24. The smallest absolute Gasteiger partial charge is 0.298 e. The van der Waals surface area contributed by atoms with Crippen molar-refractivity contribution in [2.75, 3.05) is 0 Å². The lowest BCUT2D eigenvalue weighted by Crippen LogP contribution is -2.07. The molecule has 1 rings (SSSR count). The highest BCUT2D eigenvalue weighted by Crippen LogP contribution is 2.31. The summed E-state index contributed by atoms with van der Waals surface area (Å²) in [5.74, 6) is -0.339. The van der Waals surface area contributed by atoms with Crippen molar-refractivity contribution < 1.29 is 18.1 Å². The third-order valence-electron chi connectivity index (χ3n) is 5.67. The minimum atomic E-state index is -4.44. The Balaban J connectivity index is 2.69. The average Bonchev–Trinajstić information content (AvgIpc) is 2.66. The first-order valence-corrected chi connectivity index (χ1v) is 13.2. The topological polar surface area (TPSA) is 74.6 Å². The van der Waals surface area contributed by atoms with Crippen LogP contribution in [0.4, 0.5) is 0 Å². The van der Waals surface area contributed by atoms with E-state index in [1.807, 2.05) is 6.07 Å². The molecule has 29 heavy (non-hydrogen) atoms. The van der Waals surface area contributed by atoms with Crippen molar-refractivity contribution in [3.05, 3.63) is 23.3 Å². The molecule has 0 saturated heterocycles. The van der Waals surface area contributed by atoms with Crippen molar-refractivity contribution in [3.8, 4) is 5.75 Å². The second-order valence-electron chi connectivity index (χ2n) is 8.27. The van der Waals surface area contributed by atoms with Crippen LogP contribution in [-0.4, -0.2) is 18.1 Å². The molecular formula is C24H42O4S. The van der Waals surface area contributed by atoms with Gasteiger partial charge in [-0.15, -0.1) is 0 Å². The van der Waals surface area contributed by atoms with Crippen molar-refractivity contribution in [2.45, 2.75) is 121 Å². The maximum absolute atomic E-state index is 11.9. The number of phenolic OH excluding ortho intramolecular Hbond substituents is 1. The van der Waals surface area contributed by atoms with Gasteiger partial charge in [-0.05, 0) is 42.9 Å². The van der Waals surface area contributed by atoms with Crippen LogP contribution in [-0.2, 0) is 23.0 Å². The van der Waals surface area contributed by atoms with E-state index in [9.17, 15) is 18.1 Å². The van der Waals surface area contributed by atoms with Crippen LogP contribution in [0, 0.1) is 0 Å². The summed E-state index contributed by atoms with van der Waals surface area (Å²) in [5, 5.41) is 10.1. The van der Waals surface area contributed by atoms with E-state index < -0.39 is 10.1 Å². The van der Waals surface area contributed by atoms with Gasteiger partial charge in [0, 0.05) is 0 Å². The molecule has 0 heterocycles. The second kappa shape index (κ2) is 14.8. The minimum Gasteiger partial charge on any atom is -0.506 e. The van der Waals surface area contributed by atoms with Crippen LogP contribution in [0.15, 0.2) is 17.0 Å². The number of unbranched alkanes of at least 4 members (excludes halogenated alkanes) is 12. The summed E-state index contributed by atoms with van der Waals surface area (Å²) in [7, 11) is -4.44. The van der Waals surface area contributed by atoms with Crippen molar-refractivity contribution >= 4 is 10.1 Å². The number of hydrogen-bond donors (Lipinski definition) is 2. The molecule has 0 spiro atoms. The minimum absolute atomic E-state index is 0.274. The van der Waals surface area contributed by atoms with Gasteiger partial charge in [0.25, 0.3) is 10.1 Å². The average molecular weight is 427 g/mol. The first-order valence-electron chi connectivity index (χ1n) is 11.7. The summed E-state index contributed by atoms with van der Waals surface area (Å²) in [6.07, 6.45) is 17.8. The van der Waals surface area contributed by atoms with Gasteiger partial charge in [-0.3, -0.25) is 4.55 Å². The lowest BCUT2D eigenvalue weighted by molar-refractivity contribution is 0.439. The van der Waals surface area contributed by atoms with Gasteiger partial charge in [0.15, 0.2) is 0 Å². The molecule has 0 aliphatic heterocycles. The van der Waals surface area contributed by atoms with Gasteiger partial charge < -0.3 is 5.11 Å². The molecule has 0 saturated carbocycles. The van der Waals surface area contributed by atoms with E-state index in [4.69, 9.17) is 0 Å². The molecule has 0 fully saturated rings. The molecule has 0 atom stereocenters. The van der Waals surface area contributed by atoms with Crippen molar-refractivity contribution in [2.24, 2.45) is 0 Å². The fourth-order valence-electron chi connectivity index (χ4n) is 3.98. The summed E-state index contributed by atoms with van der Waals surface area (Å²) < 4.78 is 33.5. The molecule has 0 aliphatic rings. The number of aromatic hydroxyl groups is 1. The van der Waals surface area contributed by atoms with Crippen LogP contribution >= 0.6 is 0 Å². The number of hydrogen-bond acceptors (Lipinski definition) is 3. The molecular weight excluding hydrogens is 384 g/mol. The highest BCUT2D eigenvalue weighted by Gasteiger charge is 2.22. The van der Waals surface area contributed by atoms with Crippen LogP contribution in [0.1, 0.15) is 115 Å². The SMILES string of the molecule is CCCCCCCCCc1ccc(O)c(S(=O)(=O)O)c1CCCCCCCCC. The van der Waals surface area contributed by atoms with Crippen molar-refractivity contribution in [1.29, 1.82) is 0 Å². The van der Waals surface area contributed by atoms with Crippen LogP contribution < -0.4 is 0 Å². The Labute approximate surface area is 178 Å². The largest absolute Gasteiger partial charge is 0.506 e. The lowest BCUT2D eigenvalue weighted by Gasteiger charge is -2.15. The molecule has 1 aromatic carbocycles. The zero-order chi connectivity index (χ0) is 21.5. The Kier molecular flexibility index (Phi) is 13.3. The van der Waals surface area contributed by atoms with Gasteiger partial charge in [-0.1, -0.05) is 97.0 Å². The predicted octanol–water partition coefficient (Wildman–Crippen LogP) is 7.23. The highest BCUT2D eigenvalue weighted by molar-refractivity contribution is 7.86. The van der Waals surface area contributed by atoms with Gasteiger partial charge in [0.2, 0.25) is 0 Å². The molecule has 0 aliphatic carbocycles. The molecule has 2 N–H and O–H groups in total. The normalized spacial score (nSPS) is 11.8. The Morgan fingerprint density at radius 1 is 0.690 bits per heavy atom. The molecule has 4 nitrogen and oxygen atoms in total. The maximum atomic E-state index is 11.9. The summed E-state index contributed by atoms with van der Waals surface area (Å²) in [4.78, 5) is -0.274. The number of benzene rings is 1. The fourth-order valence-corrected chi connectivity index (χ4v) is 4.86. The zero-order valence-corrected chi connectivity index (χ0v) is 19.4. The Morgan fingerprint density at radius 3 is 1.62 bits per heavy atom. The van der Waals surface area contributed by atoms with E-state index in [0.717, 1.165) is 44.1 Å². The Hall–Kier alpha value is -1.07. The van der Waals surface area contributed by atoms with E-state index in [2.05, 4.69) is 13.8 Å². The molecule has 1 aromatic rings. The van der Waals surface area contributed by atoms with Crippen molar-refractivity contribution in [3.63, 3.8) is 0 Å². The highest BCUT2D eigenvalue weighted by atomic mass is 32.2. The third kappa shape index (κ3) is 10.5. The van der Waals surface area contributed by atoms with Gasteiger partial charge >= 0.3 is 0 Å². The van der Waals surface area contributed by atoms with E-state index in [-0.39, 0.29) is 10.6 Å². The first-order chi connectivity index (χ1) is 13.9. The molecule has 168 valence electrons. The maximum Gasteiger partial charge on any atom is 0.298 e. The van der Waals surface area contributed by atoms with E-state index in [0.29, 0.717) is 12.0 Å². The van der Waals surface area contributed by atoms with Crippen LogP contribution in [0.25, 0.3) is 0 Å². The fraction of sp³-hybridized carbons (Fsp3) is 0.750. The molecule has 0 aromatic heterocycles. The summed E-state index contributed by atoms with van der Waals surface area (Å²) in [6.45, 7) is 4.41. The summed E-state index contributed by atoms with van der Waals surface area (Å²) >= 11 is 0. The Bertz CT molecular complexity index is 668. The lowest BCUT2D eigenvalue weighted by atomic mass is 9.95. The van der Waals surface area contributed by atoms with Crippen LogP contribution in [0.3, 0.4) is 0 Å². The standard InChI is InChI=1S/C24H42O4S/c1-3-5-7-9-11-13-15-17-21-19-20-23(25)24(29(26,27)28)22(21)18-16-14-12-10-8-6-4-2/h19-20,25H,3-18H2,1-2H3,(H,26,27,28). The quantitative estimate of drug-likeness (QED) is 0.203. The van der Waals surface area contributed by atoms with Crippen LogP contribution in [0.5, 0.6) is 5.75 Å². The van der Waals surface area contributed by atoms with Crippen molar-refractivity contribution in [1.82, 2.24) is 0 Å².